The average molecular weight is 268 g/mol. The summed E-state index contributed by atoms with van der Waals surface area (Å²) in [6.45, 7) is 3.76. The molecular formula is C14H21FN2S. The number of anilines is 1. The van der Waals surface area contributed by atoms with Crippen LogP contribution in [0.25, 0.3) is 0 Å². The molecule has 0 unspecified atom stereocenters. The summed E-state index contributed by atoms with van der Waals surface area (Å²) >= 11 is 1.92. The normalized spacial score (nSPS) is 19.0. The van der Waals surface area contributed by atoms with Crippen LogP contribution in [-0.2, 0) is 0 Å². The molecule has 2 N–H and O–H groups in total. The molecule has 0 aliphatic carbocycles. The minimum absolute atomic E-state index is 0.115. The van der Waals surface area contributed by atoms with Crippen molar-refractivity contribution in [1.29, 1.82) is 0 Å². The van der Waals surface area contributed by atoms with Gasteiger partial charge in [0.25, 0.3) is 0 Å². The smallest absolute Gasteiger partial charge is 0.146 e. The molecule has 0 aromatic heterocycles. The Morgan fingerprint density at radius 2 is 2.06 bits per heavy atom. The van der Waals surface area contributed by atoms with Gasteiger partial charge in [-0.25, -0.2) is 4.39 Å². The second kappa shape index (κ2) is 5.93. The van der Waals surface area contributed by atoms with E-state index in [1.165, 1.54) is 0 Å². The number of hydrogen-bond donors (Lipinski definition) is 1. The highest BCUT2D eigenvalue weighted by molar-refractivity contribution is 7.99. The van der Waals surface area contributed by atoms with Crippen LogP contribution in [0, 0.1) is 5.82 Å². The molecule has 1 aliphatic heterocycles. The molecular weight excluding hydrogens is 247 g/mol. The van der Waals surface area contributed by atoms with Crippen LogP contribution >= 0.6 is 11.8 Å². The molecule has 1 aromatic carbocycles. The number of thioether (sulfide) groups is 1. The highest BCUT2D eigenvalue weighted by atomic mass is 32.2. The van der Waals surface area contributed by atoms with Gasteiger partial charge in [0, 0.05) is 24.4 Å². The molecule has 0 spiro atoms. The largest absolute Gasteiger partial charge is 0.369 e. The second-order valence-electron chi connectivity index (χ2n) is 4.92. The van der Waals surface area contributed by atoms with E-state index in [4.69, 9.17) is 5.73 Å². The van der Waals surface area contributed by atoms with Gasteiger partial charge in [-0.05, 0) is 43.7 Å². The van der Waals surface area contributed by atoms with Crippen molar-refractivity contribution in [3.63, 3.8) is 0 Å². The lowest BCUT2D eigenvalue weighted by Gasteiger charge is -2.33. The van der Waals surface area contributed by atoms with Crippen molar-refractivity contribution < 1.29 is 4.39 Å². The molecule has 0 amide bonds. The number of hydrogen-bond acceptors (Lipinski definition) is 3. The monoisotopic (exact) mass is 268 g/mol. The highest BCUT2D eigenvalue weighted by Gasteiger charge is 2.20. The molecule has 4 heteroatoms. The summed E-state index contributed by atoms with van der Waals surface area (Å²) in [4.78, 5) is 2.15. The SMILES string of the molecule is CSC1CCN(c2ccc([C@H](C)N)cc2F)CC1. The van der Waals surface area contributed by atoms with Gasteiger partial charge in [0.2, 0.25) is 0 Å². The van der Waals surface area contributed by atoms with E-state index in [0.29, 0.717) is 0 Å². The zero-order chi connectivity index (χ0) is 13.1. The van der Waals surface area contributed by atoms with Crippen LogP contribution in [0.4, 0.5) is 10.1 Å². The second-order valence-corrected chi connectivity index (χ2v) is 6.06. The maximum atomic E-state index is 14.1. The standard InChI is InChI=1S/C14H21FN2S/c1-10(16)11-3-4-14(13(15)9-11)17-7-5-12(18-2)6-8-17/h3-4,9-10,12H,5-8,16H2,1-2H3/t10-/m0/s1. The van der Waals surface area contributed by atoms with Crippen LogP contribution in [0.5, 0.6) is 0 Å². The maximum absolute atomic E-state index is 14.1. The van der Waals surface area contributed by atoms with E-state index >= 15 is 0 Å². The Bertz CT molecular complexity index is 401. The van der Waals surface area contributed by atoms with Crippen LogP contribution in [0.15, 0.2) is 18.2 Å². The molecule has 1 atom stereocenters. The van der Waals surface area contributed by atoms with Crippen LogP contribution in [0.1, 0.15) is 31.4 Å². The minimum Gasteiger partial charge on any atom is -0.369 e. The Kier molecular flexibility index (Phi) is 4.51. The van der Waals surface area contributed by atoms with E-state index in [0.717, 1.165) is 42.4 Å². The van der Waals surface area contributed by atoms with Crippen LogP contribution in [0.3, 0.4) is 0 Å². The fourth-order valence-corrected chi connectivity index (χ4v) is 3.08. The molecule has 0 bridgehead atoms. The van der Waals surface area contributed by atoms with Gasteiger partial charge in [0.15, 0.2) is 0 Å². The molecule has 1 heterocycles. The van der Waals surface area contributed by atoms with Crippen LogP contribution in [0.2, 0.25) is 0 Å². The lowest BCUT2D eigenvalue weighted by atomic mass is 10.1. The molecule has 18 heavy (non-hydrogen) atoms. The van der Waals surface area contributed by atoms with Gasteiger partial charge in [-0.2, -0.15) is 11.8 Å². The van der Waals surface area contributed by atoms with Gasteiger partial charge in [0.05, 0.1) is 5.69 Å². The Balaban J connectivity index is 2.10. The van der Waals surface area contributed by atoms with Crippen LogP contribution < -0.4 is 10.6 Å². The topological polar surface area (TPSA) is 29.3 Å². The quantitative estimate of drug-likeness (QED) is 0.913. The Hall–Kier alpha value is -0.740. The van der Waals surface area contributed by atoms with Crippen LogP contribution in [-0.4, -0.2) is 24.6 Å². The van der Waals surface area contributed by atoms with E-state index in [1.54, 1.807) is 6.07 Å². The summed E-state index contributed by atoms with van der Waals surface area (Å²) in [5.41, 5.74) is 7.34. The zero-order valence-corrected chi connectivity index (χ0v) is 11.8. The number of halogens is 1. The molecule has 1 aliphatic rings. The van der Waals surface area contributed by atoms with Crippen molar-refractivity contribution in [3.05, 3.63) is 29.6 Å². The number of nitrogens with zero attached hydrogens (tertiary/aromatic N) is 1. The third-order valence-electron chi connectivity index (χ3n) is 3.61. The van der Waals surface area contributed by atoms with Crippen molar-refractivity contribution in [2.24, 2.45) is 5.73 Å². The van der Waals surface area contributed by atoms with E-state index < -0.39 is 0 Å². The van der Waals surface area contributed by atoms with Crippen molar-refractivity contribution >= 4 is 17.4 Å². The minimum atomic E-state index is -0.146. The first-order chi connectivity index (χ1) is 8.61. The van der Waals surface area contributed by atoms with E-state index in [1.807, 2.05) is 30.8 Å². The van der Waals surface area contributed by atoms with Crippen molar-refractivity contribution in [2.45, 2.75) is 31.1 Å². The lowest BCUT2D eigenvalue weighted by molar-refractivity contribution is 0.565. The van der Waals surface area contributed by atoms with Gasteiger partial charge < -0.3 is 10.6 Å². The maximum Gasteiger partial charge on any atom is 0.146 e. The fraction of sp³-hybridized carbons (Fsp3) is 0.571. The Morgan fingerprint density at radius 1 is 1.39 bits per heavy atom. The van der Waals surface area contributed by atoms with Crippen molar-refractivity contribution in [1.82, 2.24) is 0 Å². The molecule has 0 radical (unpaired) electrons. The van der Waals surface area contributed by atoms with Crippen molar-refractivity contribution in [3.8, 4) is 0 Å². The van der Waals surface area contributed by atoms with E-state index in [-0.39, 0.29) is 11.9 Å². The molecule has 2 nitrogen and oxygen atoms in total. The van der Waals surface area contributed by atoms with Gasteiger partial charge >= 0.3 is 0 Å². The number of nitrogens with two attached hydrogens (primary N) is 1. The Labute approximate surface area is 113 Å². The molecule has 2 rings (SSSR count). The highest BCUT2D eigenvalue weighted by Crippen LogP contribution is 2.28. The first-order valence-corrected chi connectivity index (χ1v) is 7.73. The first kappa shape index (κ1) is 13.7. The van der Waals surface area contributed by atoms with E-state index in [2.05, 4.69) is 11.2 Å². The molecule has 1 fully saturated rings. The predicted octanol–water partition coefficient (Wildman–Crippen LogP) is 3.18. The molecule has 100 valence electrons. The average Bonchev–Trinajstić information content (AvgIpc) is 2.38. The van der Waals surface area contributed by atoms with Gasteiger partial charge in [-0.1, -0.05) is 6.07 Å². The summed E-state index contributed by atoms with van der Waals surface area (Å²) in [5.74, 6) is -0.146. The Morgan fingerprint density at radius 3 is 2.56 bits per heavy atom. The fourth-order valence-electron chi connectivity index (χ4n) is 2.40. The molecule has 0 saturated carbocycles. The third-order valence-corrected chi connectivity index (χ3v) is 4.75. The summed E-state index contributed by atoms with van der Waals surface area (Å²) in [6, 6.07) is 5.26. The molecule has 1 saturated heterocycles. The lowest BCUT2D eigenvalue weighted by Crippen LogP contribution is -2.35. The third kappa shape index (κ3) is 2.98. The predicted molar refractivity (Wildman–Crippen MR) is 77.8 cm³/mol. The van der Waals surface area contributed by atoms with Gasteiger partial charge in [-0.15, -0.1) is 0 Å². The van der Waals surface area contributed by atoms with Crippen molar-refractivity contribution in [2.75, 3.05) is 24.2 Å². The summed E-state index contributed by atoms with van der Waals surface area (Å²) in [5, 5.41) is 0.729. The number of rotatable bonds is 3. The van der Waals surface area contributed by atoms with E-state index in [9.17, 15) is 4.39 Å². The number of piperidine rings is 1. The zero-order valence-electron chi connectivity index (χ0n) is 11.0. The van der Waals surface area contributed by atoms with Gasteiger partial charge in [0.1, 0.15) is 5.82 Å². The summed E-state index contributed by atoms with van der Waals surface area (Å²) in [7, 11) is 0. The molecule has 1 aromatic rings. The summed E-state index contributed by atoms with van der Waals surface area (Å²) in [6.07, 6.45) is 4.42. The summed E-state index contributed by atoms with van der Waals surface area (Å²) < 4.78 is 14.1. The first-order valence-electron chi connectivity index (χ1n) is 6.44. The number of benzene rings is 1. The van der Waals surface area contributed by atoms with Gasteiger partial charge in [-0.3, -0.25) is 0 Å².